The minimum absolute atomic E-state index is 0.248. The zero-order valence-corrected chi connectivity index (χ0v) is 20.1. The zero-order valence-electron chi connectivity index (χ0n) is 19.2. The van der Waals surface area contributed by atoms with Crippen LogP contribution >= 0.6 is 11.3 Å². The maximum absolute atomic E-state index is 5.49. The molecule has 2 aliphatic heterocycles. The van der Waals surface area contributed by atoms with Gasteiger partial charge in [0, 0.05) is 61.9 Å². The fraction of sp³-hybridized carbons (Fsp3) is 0.346. The van der Waals surface area contributed by atoms with Gasteiger partial charge in [0.1, 0.15) is 5.75 Å². The first-order valence-electron chi connectivity index (χ1n) is 11.3. The Morgan fingerprint density at radius 2 is 1.85 bits per heavy atom. The molecule has 0 unspecified atom stereocenters. The van der Waals surface area contributed by atoms with E-state index in [1.54, 1.807) is 7.11 Å². The number of nitrogens with zero attached hydrogens (tertiary/aromatic N) is 4. The summed E-state index contributed by atoms with van der Waals surface area (Å²) in [6.45, 7) is 6.66. The Bertz CT molecular complexity index is 1100. The average molecular weight is 463 g/mol. The van der Waals surface area contributed by atoms with Crippen molar-refractivity contribution in [1.82, 2.24) is 14.8 Å². The van der Waals surface area contributed by atoms with Gasteiger partial charge in [0.2, 0.25) is 0 Å². The van der Waals surface area contributed by atoms with Crippen LogP contribution in [0.1, 0.15) is 16.1 Å². The van der Waals surface area contributed by atoms with Crippen molar-refractivity contribution in [1.29, 1.82) is 0 Å². The number of rotatable bonds is 7. The molecular formula is C26H30N4O2S. The maximum atomic E-state index is 5.49. The van der Waals surface area contributed by atoms with E-state index in [0.29, 0.717) is 0 Å². The van der Waals surface area contributed by atoms with Crippen molar-refractivity contribution in [3.8, 4) is 17.0 Å². The maximum Gasteiger partial charge on any atom is 0.188 e. The largest absolute Gasteiger partial charge is 0.468 e. The van der Waals surface area contributed by atoms with Gasteiger partial charge in [0.25, 0.3) is 0 Å². The molecule has 6 nitrogen and oxygen atoms in total. The van der Waals surface area contributed by atoms with Gasteiger partial charge in [0.15, 0.2) is 6.79 Å². The van der Waals surface area contributed by atoms with Crippen molar-refractivity contribution in [2.45, 2.75) is 13.1 Å². The van der Waals surface area contributed by atoms with Crippen LogP contribution in [0.15, 0.2) is 54.0 Å². The molecule has 4 heterocycles. The second kappa shape index (κ2) is 10.1. The van der Waals surface area contributed by atoms with E-state index in [-0.39, 0.29) is 6.79 Å². The highest BCUT2D eigenvalue weighted by molar-refractivity contribution is 7.10. The van der Waals surface area contributed by atoms with Crippen LogP contribution in [0.2, 0.25) is 0 Å². The van der Waals surface area contributed by atoms with Crippen LogP contribution in [0.5, 0.6) is 5.75 Å². The van der Waals surface area contributed by atoms with Crippen LogP contribution in [0, 0.1) is 0 Å². The number of thiophene rings is 1. The molecule has 0 saturated carbocycles. The van der Waals surface area contributed by atoms with Crippen molar-refractivity contribution < 1.29 is 9.47 Å². The van der Waals surface area contributed by atoms with Gasteiger partial charge in [0.05, 0.1) is 23.6 Å². The van der Waals surface area contributed by atoms with Gasteiger partial charge in [-0.25, -0.2) is 0 Å². The number of piperazine rings is 1. The lowest BCUT2D eigenvalue weighted by atomic mass is 10.1. The van der Waals surface area contributed by atoms with Crippen molar-refractivity contribution in [2.75, 3.05) is 52.0 Å². The van der Waals surface area contributed by atoms with Crippen LogP contribution in [0.3, 0.4) is 0 Å². The SMILES string of the molecule is COCOc1ccc(-c2ccc3c(n2)CN(c2csc(CN4CCN(C)CC4)c2)C=C3)cc1. The third kappa shape index (κ3) is 5.28. The molecule has 3 aromatic rings. The van der Waals surface area contributed by atoms with Gasteiger partial charge in [-0.15, -0.1) is 11.3 Å². The molecule has 5 rings (SSSR count). The predicted octanol–water partition coefficient (Wildman–Crippen LogP) is 4.53. The Hall–Kier alpha value is -2.71. The molecule has 0 N–H and O–H groups in total. The third-order valence-electron chi connectivity index (χ3n) is 6.20. The first-order valence-corrected chi connectivity index (χ1v) is 12.2. The highest BCUT2D eigenvalue weighted by atomic mass is 32.1. The Balaban J connectivity index is 1.26. The highest BCUT2D eigenvalue weighted by Gasteiger charge is 2.18. The first kappa shape index (κ1) is 22.1. The lowest BCUT2D eigenvalue weighted by molar-refractivity contribution is 0.0511. The molecule has 7 heteroatoms. The molecule has 1 aromatic carbocycles. The molecule has 0 amide bonds. The number of anilines is 1. The summed E-state index contributed by atoms with van der Waals surface area (Å²) in [4.78, 5) is 13.7. The van der Waals surface area contributed by atoms with Gasteiger partial charge < -0.3 is 19.3 Å². The van der Waals surface area contributed by atoms with Gasteiger partial charge in [-0.05, 0) is 55.1 Å². The summed E-state index contributed by atoms with van der Waals surface area (Å²) in [5, 5.41) is 2.27. The number of benzene rings is 1. The van der Waals surface area contributed by atoms with E-state index in [1.165, 1.54) is 16.1 Å². The van der Waals surface area contributed by atoms with Gasteiger partial charge in [-0.3, -0.25) is 9.88 Å². The standard InChI is InChI=1S/C26H30N4O2S/c1-28-11-13-29(14-12-28)16-24-15-22(18-33-24)30-10-9-21-5-8-25(27-26(21)17-30)20-3-6-23(7-4-20)32-19-31-2/h3-10,15,18H,11-14,16-17,19H2,1-2H3. The normalized spacial score (nSPS) is 16.7. The number of pyridine rings is 1. The van der Waals surface area contributed by atoms with Gasteiger partial charge in [-0.2, -0.15) is 0 Å². The van der Waals surface area contributed by atoms with Gasteiger partial charge in [-0.1, -0.05) is 6.07 Å². The molecule has 1 saturated heterocycles. The minimum Gasteiger partial charge on any atom is -0.468 e. The highest BCUT2D eigenvalue weighted by Crippen LogP contribution is 2.31. The first-order chi connectivity index (χ1) is 16.2. The number of aromatic nitrogens is 1. The van der Waals surface area contributed by atoms with Crippen LogP contribution in [0.4, 0.5) is 5.69 Å². The van der Waals surface area contributed by atoms with E-state index in [9.17, 15) is 0 Å². The van der Waals surface area contributed by atoms with Crippen LogP contribution in [-0.4, -0.2) is 61.9 Å². The summed E-state index contributed by atoms with van der Waals surface area (Å²) >= 11 is 1.85. The molecule has 172 valence electrons. The van der Waals surface area contributed by atoms with Crippen LogP contribution < -0.4 is 9.64 Å². The Morgan fingerprint density at radius 1 is 1.03 bits per heavy atom. The summed E-state index contributed by atoms with van der Waals surface area (Å²) in [6.07, 6.45) is 4.34. The number of fused-ring (bicyclic) bond motifs is 1. The molecule has 0 atom stereocenters. The van der Waals surface area contributed by atoms with E-state index in [2.05, 4.69) is 57.6 Å². The molecule has 0 bridgehead atoms. The zero-order chi connectivity index (χ0) is 22.6. The predicted molar refractivity (Wildman–Crippen MR) is 134 cm³/mol. The summed E-state index contributed by atoms with van der Waals surface area (Å²) in [7, 11) is 3.82. The van der Waals surface area contributed by atoms with Crippen molar-refractivity contribution >= 4 is 23.1 Å². The number of hydrogen-bond acceptors (Lipinski definition) is 7. The summed E-state index contributed by atoms with van der Waals surface area (Å²) in [6, 6.07) is 14.6. The third-order valence-corrected chi connectivity index (χ3v) is 7.11. The number of likely N-dealkylation sites (N-methyl/N-ethyl adjacent to an activating group) is 1. The smallest absolute Gasteiger partial charge is 0.188 e. The van der Waals surface area contributed by atoms with E-state index in [1.807, 2.05) is 35.6 Å². The lowest BCUT2D eigenvalue weighted by Crippen LogP contribution is -2.43. The van der Waals surface area contributed by atoms with E-state index >= 15 is 0 Å². The Morgan fingerprint density at radius 3 is 2.64 bits per heavy atom. The van der Waals surface area contributed by atoms with Crippen LogP contribution in [0.25, 0.3) is 17.3 Å². The second-order valence-corrected chi connectivity index (χ2v) is 9.60. The fourth-order valence-corrected chi connectivity index (χ4v) is 5.11. The van der Waals surface area contributed by atoms with Crippen molar-refractivity contribution in [3.63, 3.8) is 0 Å². The number of ether oxygens (including phenoxy) is 2. The van der Waals surface area contributed by atoms with Crippen molar-refractivity contribution in [2.24, 2.45) is 0 Å². The van der Waals surface area contributed by atoms with E-state index < -0.39 is 0 Å². The molecule has 0 spiro atoms. The summed E-state index contributed by atoms with van der Waals surface area (Å²) in [5.41, 5.74) is 5.58. The van der Waals surface area contributed by atoms with Crippen LogP contribution in [-0.2, 0) is 17.8 Å². The van der Waals surface area contributed by atoms with E-state index in [0.717, 1.165) is 62.0 Å². The number of methoxy groups -OCH3 is 1. The number of hydrogen-bond donors (Lipinski definition) is 0. The molecular weight excluding hydrogens is 432 g/mol. The fourth-order valence-electron chi connectivity index (χ4n) is 4.19. The molecule has 0 aliphatic carbocycles. The topological polar surface area (TPSA) is 41.1 Å². The Kier molecular flexibility index (Phi) is 6.73. The second-order valence-electron chi connectivity index (χ2n) is 8.60. The monoisotopic (exact) mass is 462 g/mol. The van der Waals surface area contributed by atoms with Crippen molar-refractivity contribution in [3.05, 3.63) is 70.2 Å². The molecule has 1 fully saturated rings. The summed E-state index contributed by atoms with van der Waals surface area (Å²) in [5.74, 6) is 0.789. The molecule has 2 aliphatic rings. The summed E-state index contributed by atoms with van der Waals surface area (Å²) < 4.78 is 10.5. The van der Waals surface area contributed by atoms with E-state index in [4.69, 9.17) is 14.5 Å². The molecule has 33 heavy (non-hydrogen) atoms. The average Bonchev–Trinajstić information content (AvgIpc) is 3.32. The van der Waals surface area contributed by atoms with Gasteiger partial charge >= 0.3 is 0 Å². The minimum atomic E-state index is 0.248. The molecule has 2 aromatic heterocycles. The Labute approximate surface area is 199 Å². The quantitative estimate of drug-likeness (QED) is 0.481. The lowest BCUT2D eigenvalue weighted by Gasteiger charge is -2.31. The molecule has 0 radical (unpaired) electrons.